The molecule has 0 spiro atoms. The van der Waals surface area contributed by atoms with E-state index in [0.717, 1.165) is 6.92 Å². The van der Waals surface area contributed by atoms with E-state index in [0.29, 0.717) is 43.5 Å². The van der Waals surface area contributed by atoms with Crippen molar-refractivity contribution in [1.82, 2.24) is 36.6 Å². The van der Waals surface area contributed by atoms with Crippen molar-refractivity contribution >= 4 is 82.4 Å². The van der Waals surface area contributed by atoms with Crippen LogP contribution in [0.4, 0.5) is 0 Å². The van der Waals surface area contributed by atoms with Crippen molar-refractivity contribution in [3.05, 3.63) is 48.0 Å². The normalized spacial score (nSPS) is 15.0. The van der Waals surface area contributed by atoms with Crippen LogP contribution < -0.4 is 72.5 Å². The maximum atomic E-state index is 14.4. The maximum Gasteiger partial charge on any atom is 0.240 e. The number of ketones is 4. The second-order valence-electron chi connectivity index (χ2n) is 24.4. The number of phenolic OH excluding ortho intramolecular Hbond substituents is 1. The summed E-state index contributed by atoms with van der Waals surface area (Å²) in [6.45, 7) is 9.50. The second-order valence-corrected chi connectivity index (χ2v) is 24.4. The summed E-state index contributed by atoms with van der Waals surface area (Å²) in [6, 6.07) is -1.30. The number of amides is 7. The van der Waals surface area contributed by atoms with E-state index in [2.05, 4.69) is 51.5 Å². The van der Waals surface area contributed by atoms with E-state index in [4.69, 9.17) is 45.9 Å². The molecule has 12 atom stereocenters. The molecular weight excluding hydrogens is 1220 g/mol. The molecule has 0 unspecified atom stereocenters. The number of H-pyrrole nitrogens is 1. The molecular formula is C62H102N18O14. The first-order chi connectivity index (χ1) is 44.3. The Morgan fingerprint density at radius 1 is 0.532 bits per heavy atom. The van der Waals surface area contributed by atoms with Crippen LogP contribution >= 0.6 is 0 Å². The molecule has 524 valence electrons. The quantitative estimate of drug-likeness (QED) is 0.0187. The van der Waals surface area contributed by atoms with Crippen molar-refractivity contribution in [3.63, 3.8) is 0 Å². The number of primary amides is 2. The zero-order chi connectivity index (χ0) is 70.8. The van der Waals surface area contributed by atoms with Crippen molar-refractivity contribution < 1.29 is 68.1 Å². The fourth-order valence-corrected chi connectivity index (χ4v) is 10.3. The predicted molar refractivity (Wildman–Crippen MR) is 350 cm³/mol. The van der Waals surface area contributed by atoms with Gasteiger partial charge in [0, 0.05) is 87.3 Å². The minimum absolute atomic E-state index is 0.0456. The number of unbranched alkanes of at least 4 members (excludes halogenated alkanes) is 1. The largest absolute Gasteiger partial charge is 0.508 e. The third-order valence-electron chi connectivity index (χ3n) is 15.8. The highest BCUT2D eigenvalue weighted by molar-refractivity contribution is 5.99. The highest BCUT2D eigenvalue weighted by Crippen LogP contribution is 2.24. The predicted octanol–water partition coefficient (Wildman–Crippen LogP) is -2.36. The number of aromatic hydroxyl groups is 1. The number of nitrogens with zero attached hydrogens (tertiary/aromatic N) is 4. The van der Waals surface area contributed by atoms with Crippen LogP contribution in [0, 0.1) is 41.4 Å². The molecule has 0 fully saturated rings. The van der Waals surface area contributed by atoms with Gasteiger partial charge in [-0.05, 0) is 87.8 Å². The minimum Gasteiger partial charge on any atom is -0.508 e. The average Bonchev–Trinajstić information content (AvgIpc) is 1.06. The third kappa shape index (κ3) is 31.0. The van der Waals surface area contributed by atoms with Crippen LogP contribution in [0.15, 0.2) is 51.8 Å². The summed E-state index contributed by atoms with van der Waals surface area (Å²) < 4.78 is 0. The molecule has 1 aromatic heterocycles. The molecule has 0 aliphatic carbocycles. The van der Waals surface area contributed by atoms with Gasteiger partial charge < -0.3 is 92.8 Å². The van der Waals surface area contributed by atoms with Gasteiger partial charge in [0.1, 0.15) is 17.8 Å². The van der Waals surface area contributed by atoms with E-state index >= 15 is 0 Å². The summed E-state index contributed by atoms with van der Waals surface area (Å²) in [5.74, 6) is -15.7. The van der Waals surface area contributed by atoms with E-state index in [1.54, 1.807) is 20.8 Å². The van der Waals surface area contributed by atoms with Crippen LogP contribution in [-0.4, -0.2) is 170 Å². The Balaban J connectivity index is 2.47. The van der Waals surface area contributed by atoms with Crippen LogP contribution in [-0.2, 0) is 65.6 Å². The number of phenols is 1. The molecule has 0 aliphatic heterocycles. The molecule has 0 bridgehead atoms. The smallest absolute Gasteiger partial charge is 0.240 e. The van der Waals surface area contributed by atoms with Gasteiger partial charge in [-0.3, -0.25) is 67.7 Å². The number of guanidine groups is 3. The van der Waals surface area contributed by atoms with E-state index < -0.39 is 169 Å². The van der Waals surface area contributed by atoms with Crippen LogP contribution in [0.2, 0.25) is 0 Å². The summed E-state index contributed by atoms with van der Waals surface area (Å²) in [6.07, 6.45) is 0.142. The number of aliphatic imine (C=N–C) groups is 3. The number of hydrogen-bond acceptors (Lipinski definition) is 18. The number of carbonyl (C=O) groups is 11. The number of rotatable bonds is 48. The lowest BCUT2D eigenvalue weighted by Gasteiger charge is -2.27. The van der Waals surface area contributed by atoms with Gasteiger partial charge >= 0.3 is 0 Å². The number of aromatic nitrogens is 2. The van der Waals surface area contributed by atoms with Gasteiger partial charge in [0.25, 0.3) is 0 Å². The molecule has 0 radical (unpaired) electrons. The number of imidazole rings is 1. The minimum atomic E-state index is -1.79. The number of aliphatic hydroxyl groups excluding tert-OH is 2. The zero-order valence-electron chi connectivity index (χ0n) is 54.9. The molecule has 0 saturated heterocycles. The van der Waals surface area contributed by atoms with Crippen molar-refractivity contribution in [2.24, 2.45) is 102 Å². The van der Waals surface area contributed by atoms with Crippen molar-refractivity contribution in [2.75, 3.05) is 26.2 Å². The Morgan fingerprint density at radius 3 is 1.55 bits per heavy atom. The molecule has 1 heterocycles. The van der Waals surface area contributed by atoms with Gasteiger partial charge in [-0.25, -0.2) is 4.98 Å². The molecule has 7 amide bonds. The molecule has 0 aliphatic rings. The second kappa shape index (κ2) is 42.2. The SMILES string of the molecule is CC[C@H](C)[C@H](NC(=O)[C@@H](CC(=O)[C@H](CC(N)=O)NC(=O)[C@H](CCCN=C(N)N)CC(=O)[C@@H](NC(=O)[C@H](CO)CC(=O)[C@H](Cc1cnc[nH]1)NC(=O)[C@@H](CC(=O)[C@H](CCCN=C(N)N)NC(=O)[C@@H](C)CCCCN=C(N)N)CC(C)C)[C@@H](C)O)Cc1ccc(O)cc1)C(N)=O. The van der Waals surface area contributed by atoms with E-state index in [-0.39, 0.29) is 94.0 Å². The standard InChI is InChI=1S/C62H102N18O14/c1-7-34(4)52(54(64)89)79-58(93)40(23-37-15-17-43(83)18-16-37)26-48(85)46(29-51(63)88)78-56(91)38(13-10-20-73-61(67)68)24-50(87)53(36(6)82)80-59(94)41(31-81)27-49(86)45(28-42-30-71-32-75-42)77-57(92)39(22-33(2)3)25-47(84)44(14-11-21-74-62(69)70)76-55(90)35(5)12-8-9-19-72-60(65)66/h15-18,30,32-36,38-41,44-46,52-53,81-83H,7-14,19-29,31H2,1-6H3,(H2,63,88)(H2,64,89)(H,71,75)(H,76,90)(H,77,92)(H,78,91)(H,79,93)(H,80,94)(H4,65,66,72)(H4,67,68,73)(H4,69,70,74)/t34-,35-,36+,38+,39+,40+,41-,44-,45-,46-,52-,53-/m0/s1. The van der Waals surface area contributed by atoms with E-state index in [1.165, 1.54) is 36.8 Å². The zero-order valence-corrected chi connectivity index (χ0v) is 54.9. The summed E-state index contributed by atoms with van der Waals surface area (Å²) in [7, 11) is 0. The highest BCUT2D eigenvalue weighted by atomic mass is 16.3. The fourth-order valence-electron chi connectivity index (χ4n) is 10.3. The number of Topliss-reactive ketones (excluding diaryl/α,β-unsaturated/α-hetero) is 4. The fraction of sp³-hybridized carbons (Fsp3) is 0.629. The molecule has 2 rings (SSSR count). The molecule has 0 saturated carbocycles. The first-order valence-corrected chi connectivity index (χ1v) is 31.7. The third-order valence-corrected chi connectivity index (χ3v) is 15.8. The Labute approximate surface area is 548 Å². The number of carbonyl (C=O) groups excluding carboxylic acids is 11. The molecule has 1 aromatic carbocycles. The van der Waals surface area contributed by atoms with Crippen molar-refractivity contribution in [1.29, 1.82) is 0 Å². The van der Waals surface area contributed by atoms with Crippen LogP contribution in [0.1, 0.15) is 143 Å². The number of aliphatic hydroxyl groups is 2. The van der Waals surface area contributed by atoms with Gasteiger partial charge in [0.15, 0.2) is 41.0 Å². The molecule has 25 N–H and O–H groups in total. The van der Waals surface area contributed by atoms with Gasteiger partial charge in [0.05, 0.1) is 49.5 Å². The Morgan fingerprint density at radius 2 is 1.02 bits per heavy atom. The summed E-state index contributed by atoms with van der Waals surface area (Å²) in [4.78, 5) is 171. The number of nitrogens with two attached hydrogens (primary N) is 8. The Hall–Kier alpha value is -9.07. The van der Waals surface area contributed by atoms with Crippen LogP contribution in [0.25, 0.3) is 0 Å². The summed E-state index contributed by atoms with van der Waals surface area (Å²) in [5.41, 5.74) is 45.0. The molecule has 32 heteroatoms. The monoisotopic (exact) mass is 1320 g/mol. The molecule has 94 heavy (non-hydrogen) atoms. The number of benzene rings is 1. The number of hydrogen-bond donors (Lipinski definition) is 17. The lowest BCUT2D eigenvalue weighted by atomic mass is 9.88. The van der Waals surface area contributed by atoms with Gasteiger partial charge in [-0.15, -0.1) is 0 Å². The average molecular weight is 1320 g/mol. The lowest BCUT2D eigenvalue weighted by Crippen LogP contribution is -2.53. The molecule has 32 nitrogen and oxygen atoms in total. The molecule has 2 aromatic rings. The lowest BCUT2D eigenvalue weighted by molar-refractivity contribution is -0.138. The summed E-state index contributed by atoms with van der Waals surface area (Å²) in [5, 5.41) is 44.7. The van der Waals surface area contributed by atoms with Crippen LogP contribution in [0.5, 0.6) is 5.75 Å². The Bertz CT molecular complexity index is 2890. The number of aromatic amines is 1. The number of nitrogens with one attached hydrogen (secondary N) is 6. The summed E-state index contributed by atoms with van der Waals surface area (Å²) >= 11 is 0. The highest BCUT2D eigenvalue weighted by Gasteiger charge is 2.38. The van der Waals surface area contributed by atoms with Gasteiger partial charge in [-0.2, -0.15) is 0 Å². The van der Waals surface area contributed by atoms with Crippen LogP contribution in [0.3, 0.4) is 0 Å². The van der Waals surface area contributed by atoms with Crippen molar-refractivity contribution in [3.8, 4) is 5.75 Å². The topological polar surface area (TPSA) is 583 Å². The van der Waals surface area contributed by atoms with E-state index in [9.17, 15) is 68.1 Å². The van der Waals surface area contributed by atoms with Crippen molar-refractivity contribution in [2.45, 2.75) is 181 Å². The van der Waals surface area contributed by atoms with Gasteiger partial charge in [0.2, 0.25) is 41.4 Å². The van der Waals surface area contributed by atoms with Gasteiger partial charge in [-0.1, -0.05) is 59.6 Å². The van der Waals surface area contributed by atoms with E-state index in [1.807, 2.05) is 13.8 Å². The maximum absolute atomic E-state index is 14.4. The first-order valence-electron chi connectivity index (χ1n) is 31.7. The Kier molecular flexibility index (Phi) is 36.4. The first kappa shape index (κ1) is 81.0.